The van der Waals surface area contributed by atoms with Crippen LogP contribution in [0, 0.1) is 0 Å². The van der Waals surface area contributed by atoms with Crippen LogP contribution in [0.3, 0.4) is 0 Å². The summed E-state index contributed by atoms with van der Waals surface area (Å²) in [4.78, 5) is 12.8. The Kier molecular flexibility index (Phi) is 4.63. The summed E-state index contributed by atoms with van der Waals surface area (Å²) in [7, 11) is 0. The van der Waals surface area contributed by atoms with Gasteiger partial charge in [-0.15, -0.1) is 11.8 Å². The highest BCUT2D eigenvalue weighted by Crippen LogP contribution is 2.23. The van der Waals surface area contributed by atoms with E-state index in [0.717, 1.165) is 11.1 Å². The highest BCUT2D eigenvalue weighted by Gasteiger charge is 2.06. The molecule has 2 aromatic carbocycles. The third-order valence-corrected chi connectivity index (χ3v) is 3.56. The zero-order chi connectivity index (χ0) is 13.7. The number of hydrogen-bond acceptors (Lipinski definition) is 3. The van der Waals surface area contributed by atoms with Gasteiger partial charge in [-0.1, -0.05) is 24.3 Å². The maximum absolute atomic E-state index is 11.6. The number of thioether (sulfide) groups is 1. The molecule has 0 bridgehead atoms. The summed E-state index contributed by atoms with van der Waals surface area (Å²) >= 11 is 1.72. The monoisotopic (exact) mass is 272 g/mol. The van der Waals surface area contributed by atoms with E-state index in [9.17, 15) is 4.79 Å². The van der Waals surface area contributed by atoms with Crippen LogP contribution in [-0.4, -0.2) is 18.8 Å². The van der Waals surface area contributed by atoms with Crippen molar-refractivity contribution in [3.05, 3.63) is 54.1 Å². The highest BCUT2D eigenvalue weighted by atomic mass is 32.2. The van der Waals surface area contributed by atoms with Crippen LogP contribution in [0.15, 0.2) is 53.4 Å². The number of carbonyl (C=O) groups excluding carboxylic acids is 1. The maximum atomic E-state index is 11.6. The Labute approximate surface area is 117 Å². The van der Waals surface area contributed by atoms with Crippen LogP contribution in [0.2, 0.25) is 0 Å². The molecule has 3 heteroatoms. The average molecular weight is 272 g/mol. The van der Waals surface area contributed by atoms with Gasteiger partial charge in [0.05, 0.1) is 12.2 Å². The van der Waals surface area contributed by atoms with Crippen molar-refractivity contribution < 1.29 is 9.53 Å². The minimum absolute atomic E-state index is 0.271. The van der Waals surface area contributed by atoms with Crippen molar-refractivity contribution in [1.82, 2.24) is 0 Å². The predicted octanol–water partition coefficient (Wildman–Crippen LogP) is 4.25. The van der Waals surface area contributed by atoms with Crippen LogP contribution in [0.5, 0.6) is 0 Å². The lowest BCUT2D eigenvalue weighted by atomic mass is 10.0. The zero-order valence-corrected chi connectivity index (χ0v) is 11.9. The second-order valence-electron chi connectivity index (χ2n) is 4.03. The largest absolute Gasteiger partial charge is 0.462 e. The molecular weight excluding hydrogens is 256 g/mol. The molecule has 0 saturated carbocycles. The van der Waals surface area contributed by atoms with Crippen LogP contribution in [-0.2, 0) is 4.74 Å². The molecule has 0 fully saturated rings. The molecule has 0 saturated heterocycles. The van der Waals surface area contributed by atoms with Gasteiger partial charge in [-0.25, -0.2) is 4.79 Å². The number of ether oxygens (including phenoxy) is 1. The first-order valence-corrected chi connectivity index (χ1v) is 7.38. The summed E-state index contributed by atoms with van der Waals surface area (Å²) in [5, 5.41) is 0. The first kappa shape index (κ1) is 13.7. The highest BCUT2D eigenvalue weighted by molar-refractivity contribution is 7.98. The molecule has 0 atom stereocenters. The van der Waals surface area contributed by atoms with Crippen molar-refractivity contribution in [3.8, 4) is 11.1 Å². The number of esters is 1. The van der Waals surface area contributed by atoms with Crippen molar-refractivity contribution in [1.29, 1.82) is 0 Å². The molecule has 0 aliphatic heterocycles. The Bertz CT molecular complexity index is 544. The van der Waals surface area contributed by atoms with Crippen molar-refractivity contribution in [2.24, 2.45) is 0 Å². The van der Waals surface area contributed by atoms with Crippen molar-refractivity contribution in [2.75, 3.05) is 12.9 Å². The van der Waals surface area contributed by atoms with Gasteiger partial charge in [0, 0.05) is 4.90 Å². The molecule has 0 aliphatic carbocycles. The van der Waals surface area contributed by atoms with E-state index >= 15 is 0 Å². The molecule has 0 radical (unpaired) electrons. The summed E-state index contributed by atoms with van der Waals surface area (Å²) in [6.45, 7) is 2.20. The average Bonchev–Trinajstić information content (AvgIpc) is 2.48. The lowest BCUT2D eigenvalue weighted by Crippen LogP contribution is -2.03. The fourth-order valence-electron chi connectivity index (χ4n) is 1.80. The van der Waals surface area contributed by atoms with Crippen LogP contribution in [0.1, 0.15) is 17.3 Å². The van der Waals surface area contributed by atoms with Gasteiger partial charge in [-0.3, -0.25) is 0 Å². The Hall–Kier alpha value is -1.74. The fraction of sp³-hybridized carbons (Fsp3) is 0.188. The zero-order valence-electron chi connectivity index (χ0n) is 11.1. The minimum Gasteiger partial charge on any atom is -0.462 e. The van der Waals surface area contributed by atoms with Gasteiger partial charge < -0.3 is 4.74 Å². The molecule has 98 valence electrons. The molecule has 2 rings (SSSR count). The Balaban J connectivity index is 2.19. The van der Waals surface area contributed by atoms with E-state index in [1.807, 2.05) is 12.1 Å². The second-order valence-corrected chi connectivity index (χ2v) is 4.91. The van der Waals surface area contributed by atoms with Gasteiger partial charge in [0.25, 0.3) is 0 Å². The first-order valence-electron chi connectivity index (χ1n) is 6.16. The summed E-state index contributed by atoms with van der Waals surface area (Å²) in [6, 6.07) is 15.9. The molecular formula is C16H16O2S. The molecule has 0 aromatic heterocycles. The fourth-order valence-corrected chi connectivity index (χ4v) is 2.20. The molecule has 0 spiro atoms. The molecule has 2 nitrogen and oxygen atoms in total. The van der Waals surface area contributed by atoms with E-state index in [2.05, 4.69) is 30.5 Å². The minimum atomic E-state index is -0.271. The van der Waals surface area contributed by atoms with E-state index in [4.69, 9.17) is 4.74 Å². The summed E-state index contributed by atoms with van der Waals surface area (Å²) in [6.07, 6.45) is 2.06. The van der Waals surface area contributed by atoms with Gasteiger partial charge in [0.15, 0.2) is 0 Å². The van der Waals surface area contributed by atoms with Crippen LogP contribution in [0.25, 0.3) is 11.1 Å². The molecule has 0 amide bonds. The van der Waals surface area contributed by atoms with Crippen LogP contribution >= 0.6 is 11.8 Å². The summed E-state index contributed by atoms with van der Waals surface area (Å²) < 4.78 is 4.96. The molecule has 2 aromatic rings. The number of carbonyl (C=O) groups is 1. The number of rotatable bonds is 4. The molecule has 0 aliphatic rings. The van der Waals surface area contributed by atoms with Gasteiger partial charge in [-0.2, -0.15) is 0 Å². The topological polar surface area (TPSA) is 26.3 Å². The van der Waals surface area contributed by atoms with E-state index in [1.54, 1.807) is 30.8 Å². The Morgan fingerprint density at radius 2 is 1.53 bits per heavy atom. The van der Waals surface area contributed by atoms with Gasteiger partial charge in [-0.05, 0) is 48.6 Å². The number of benzene rings is 2. The van der Waals surface area contributed by atoms with Crippen molar-refractivity contribution in [2.45, 2.75) is 11.8 Å². The van der Waals surface area contributed by atoms with E-state index < -0.39 is 0 Å². The van der Waals surface area contributed by atoms with Gasteiger partial charge in [0.2, 0.25) is 0 Å². The predicted molar refractivity (Wildman–Crippen MR) is 79.6 cm³/mol. The van der Waals surface area contributed by atoms with Crippen LogP contribution in [0.4, 0.5) is 0 Å². The second kappa shape index (κ2) is 6.43. The quantitative estimate of drug-likeness (QED) is 0.614. The molecule has 0 N–H and O–H groups in total. The summed E-state index contributed by atoms with van der Waals surface area (Å²) in [5.41, 5.74) is 2.83. The van der Waals surface area contributed by atoms with Gasteiger partial charge >= 0.3 is 5.97 Å². The Morgan fingerprint density at radius 3 is 2.00 bits per heavy atom. The lowest BCUT2D eigenvalue weighted by molar-refractivity contribution is 0.0526. The smallest absolute Gasteiger partial charge is 0.338 e. The van der Waals surface area contributed by atoms with Crippen molar-refractivity contribution in [3.63, 3.8) is 0 Å². The first-order chi connectivity index (χ1) is 9.24. The number of hydrogen-bond donors (Lipinski definition) is 0. The van der Waals surface area contributed by atoms with E-state index in [-0.39, 0.29) is 5.97 Å². The van der Waals surface area contributed by atoms with Crippen molar-refractivity contribution >= 4 is 17.7 Å². The third kappa shape index (κ3) is 3.38. The van der Waals surface area contributed by atoms with E-state index in [0.29, 0.717) is 12.2 Å². The molecule has 19 heavy (non-hydrogen) atoms. The normalized spacial score (nSPS) is 10.2. The third-order valence-electron chi connectivity index (χ3n) is 2.82. The van der Waals surface area contributed by atoms with Gasteiger partial charge in [0.1, 0.15) is 0 Å². The maximum Gasteiger partial charge on any atom is 0.338 e. The van der Waals surface area contributed by atoms with E-state index in [1.165, 1.54) is 4.90 Å². The Morgan fingerprint density at radius 1 is 1.00 bits per heavy atom. The molecule has 0 unspecified atom stereocenters. The van der Waals surface area contributed by atoms with Crippen LogP contribution < -0.4 is 0 Å². The molecule has 0 heterocycles. The summed E-state index contributed by atoms with van der Waals surface area (Å²) in [5.74, 6) is -0.271. The SMILES string of the molecule is CCOC(=O)c1ccc(-c2ccc(SC)cc2)cc1. The standard InChI is InChI=1S/C16H16O2S/c1-3-18-16(17)14-6-4-12(5-7-14)13-8-10-15(19-2)11-9-13/h4-11H,3H2,1-2H3. The lowest BCUT2D eigenvalue weighted by Gasteiger charge is -2.05.